The van der Waals surface area contributed by atoms with Crippen LogP contribution in [0.2, 0.25) is 0 Å². The Balaban J connectivity index is 2.94. The zero-order valence-electron chi connectivity index (χ0n) is 8.63. The number of nitrogens with two attached hydrogens (primary N) is 1. The number of hydrogen-bond acceptors (Lipinski definition) is 3. The van der Waals surface area contributed by atoms with Gasteiger partial charge in [0.15, 0.2) is 5.65 Å². The molecule has 14 heavy (non-hydrogen) atoms. The predicted molar refractivity (Wildman–Crippen MR) is 58.2 cm³/mol. The van der Waals surface area contributed by atoms with Crippen LogP contribution in [-0.2, 0) is 0 Å². The fourth-order valence-electron chi connectivity index (χ4n) is 1.83. The topological polar surface area (TPSA) is 51.8 Å². The molecule has 3 nitrogen and oxygen atoms in total. The molecule has 0 fully saturated rings. The van der Waals surface area contributed by atoms with Crippen molar-refractivity contribution in [1.29, 1.82) is 0 Å². The summed E-state index contributed by atoms with van der Waals surface area (Å²) in [6, 6.07) is 3.94. The van der Waals surface area contributed by atoms with Gasteiger partial charge in [-0.1, -0.05) is 0 Å². The van der Waals surface area contributed by atoms with E-state index in [1.54, 1.807) is 0 Å². The van der Waals surface area contributed by atoms with Gasteiger partial charge in [0.2, 0.25) is 0 Å². The van der Waals surface area contributed by atoms with E-state index in [2.05, 4.69) is 23.0 Å². The molecule has 2 aromatic rings. The molecule has 0 atom stereocenters. The molecule has 0 aliphatic heterocycles. The predicted octanol–water partition coefficient (Wildman–Crippen LogP) is 2.14. The van der Waals surface area contributed by atoms with E-state index in [4.69, 9.17) is 5.73 Å². The van der Waals surface area contributed by atoms with Crippen LogP contribution in [-0.4, -0.2) is 9.97 Å². The highest BCUT2D eigenvalue weighted by atomic mass is 14.9. The number of aryl methyl sites for hydroxylation is 3. The van der Waals surface area contributed by atoms with Gasteiger partial charge in [0.05, 0.1) is 0 Å². The quantitative estimate of drug-likeness (QED) is 0.687. The number of hydrogen-bond donors (Lipinski definition) is 1. The Bertz CT molecular complexity index is 461. The Morgan fingerprint density at radius 2 is 1.64 bits per heavy atom. The summed E-state index contributed by atoms with van der Waals surface area (Å²) in [5.74, 6) is 0.535. The van der Waals surface area contributed by atoms with E-state index in [9.17, 15) is 0 Å². The van der Waals surface area contributed by atoms with Crippen LogP contribution in [0.5, 0.6) is 0 Å². The minimum Gasteiger partial charge on any atom is -0.384 e. The van der Waals surface area contributed by atoms with E-state index >= 15 is 0 Å². The molecule has 0 saturated carbocycles. The fourth-order valence-corrected chi connectivity index (χ4v) is 1.83. The lowest BCUT2D eigenvalue weighted by Gasteiger charge is -2.06. The maximum atomic E-state index is 5.67. The molecule has 0 spiro atoms. The second-order valence-corrected chi connectivity index (χ2v) is 3.64. The maximum Gasteiger partial charge on any atom is 0.162 e. The maximum absolute atomic E-state index is 5.67. The first kappa shape index (κ1) is 8.94. The average Bonchev–Trinajstić information content (AvgIpc) is 1.99. The van der Waals surface area contributed by atoms with Crippen LogP contribution in [0, 0.1) is 20.8 Å². The molecule has 0 aliphatic carbocycles. The molecule has 0 aromatic carbocycles. The molecular formula is C11H13N3. The number of pyridine rings is 2. The lowest BCUT2D eigenvalue weighted by atomic mass is 10.1. The Morgan fingerprint density at radius 3 is 2.36 bits per heavy atom. The van der Waals surface area contributed by atoms with Gasteiger partial charge in [0.25, 0.3) is 0 Å². The van der Waals surface area contributed by atoms with Crippen LogP contribution in [0.1, 0.15) is 16.8 Å². The standard InChI is InChI=1S/C11H13N3/c1-6-4-8(3)13-11-10(6)7(2)5-9(12)14-11/h4-5H,1-3H3,(H2,12,13,14). The lowest BCUT2D eigenvalue weighted by molar-refractivity contribution is 1.18. The molecule has 2 rings (SSSR count). The smallest absolute Gasteiger partial charge is 0.162 e. The minimum absolute atomic E-state index is 0.535. The summed E-state index contributed by atoms with van der Waals surface area (Å²) < 4.78 is 0. The summed E-state index contributed by atoms with van der Waals surface area (Å²) >= 11 is 0. The van der Waals surface area contributed by atoms with Crippen LogP contribution < -0.4 is 5.73 Å². The summed E-state index contributed by atoms with van der Waals surface area (Å²) in [5, 5.41) is 1.12. The molecule has 0 unspecified atom stereocenters. The number of rotatable bonds is 0. The second kappa shape index (κ2) is 2.94. The van der Waals surface area contributed by atoms with E-state index in [-0.39, 0.29) is 0 Å². The number of nitrogen functional groups attached to an aromatic ring is 1. The molecular weight excluding hydrogens is 174 g/mol. The van der Waals surface area contributed by atoms with Crippen LogP contribution in [0.4, 0.5) is 5.82 Å². The first-order valence-corrected chi connectivity index (χ1v) is 4.59. The van der Waals surface area contributed by atoms with Crippen molar-refractivity contribution < 1.29 is 0 Å². The van der Waals surface area contributed by atoms with E-state index in [0.29, 0.717) is 5.82 Å². The van der Waals surface area contributed by atoms with Gasteiger partial charge in [-0.3, -0.25) is 0 Å². The van der Waals surface area contributed by atoms with Crippen molar-refractivity contribution in [2.45, 2.75) is 20.8 Å². The van der Waals surface area contributed by atoms with E-state index < -0.39 is 0 Å². The van der Waals surface area contributed by atoms with Crippen molar-refractivity contribution >= 4 is 16.9 Å². The van der Waals surface area contributed by atoms with Crippen LogP contribution >= 0.6 is 0 Å². The molecule has 0 aliphatic rings. The van der Waals surface area contributed by atoms with Crippen LogP contribution in [0.3, 0.4) is 0 Å². The molecule has 2 aromatic heterocycles. The van der Waals surface area contributed by atoms with Gasteiger partial charge in [-0.05, 0) is 44.0 Å². The van der Waals surface area contributed by atoms with Crippen molar-refractivity contribution in [2.24, 2.45) is 0 Å². The van der Waals surface area contributed by atoms with Crippen molar-refractivity contribution in [2.75, 3.05) is 5.73 Å². The average molecular weight is 187 g/mol. The van der Waals surface area contributed by atoms with Crippen molar-refractivity contribution in [3.05, 3.63) is 29.0 Å². The Hall–Kier alpha value is -1.64. The highest BCUT2D eigenvalue weighted by molar-refractivity contribution is 5.83. The van der Waals surface area contributed by atoms with Crippen LogP contribution in [0.15, 0.2) is 12.1 Å². The molecule has 0 bridgehead atoms. The molecule has 2 N–H and O–H groups in total. The highest BCUT2D eigenvalue weighted by Crippen LogP contribution is 2.21. The summed E-state index contributed by atoms with van der Waals surface area (Å²) in [6.45, 7) is 6.07. The third-order valence-corrected chi connectivity index (χ3v) is 2.32. The van der Waals surface area contributed by atoms with Gasteiger partial charge >= 0.3 is 0 Å². The van der Waals surface area contributed by atoms with E-state index in [1.165, 1.54) is 5.56 Å². The third kappa shape index (κ3) is 1.31. The largest absolute Gasteiger partial charge is 0.384 e. The number of anilines is 1. The molecule has 2 heterocycles. The van der Waals surface area contributed by atoms with E-state index in [1.807, 2.05) is 19.9 Å². The van der Waals surface area contributed by atoms with Gasteiger partial charge < -0.3 is 5.73 Å². The number of aromatic nitrogens is 2. The normalized spacial score (nSPS) is 10.8. The molecule has 0 radical (unpaired) electrons. The van der Waals surface area contributed by atoms with Gasteiger partial charge in [0.1, 0.15) is 5.82 Å². The van der Waals surface area contributed by atoms with Crippen molar-refractivity contribution in [1.82, 2.24) is 9.97 Å². The van der Waals surface area contributed by atoms with E-state index in [0.717, 1.165) is 22.3 Å². The zero-order valence-corrected chi connectivity index (χ0v) is 8.63. The lowest BCUT2D eigenvalue weighted by Crippen LogP contribution is -1.97. The molecule has 3 heteroatoms. The van der Waals surface area contributed by atoms with Gasteiger partial charge in [-0.25, -0.2) is 9.97 Å². The third-order valence-electron chi connectivity index (χ3n) is 2.32. The minimum atomic E-state index is 0.535. The first-order valence-electron chi connectivity index (χ1n) is 4.59. The SMILES string of the molecule is Cc1cc(C)c2c(C)cc(N)nc2n1. The van der Waals surface area contributed by atoms with Gasteiger partial charge in [-0.15, -0.1) is 0 Å². The van der Waals surface area contributed by atoms with Crippen molar-refractivity contribution in [3.63, 3.8) is 0 Å². The monoisotopic (exact) mass is 187 g/mol. The Morgan fingerprint density at radius 1 is 1.00 bits per heavy atom. The zero-order chi connectivity index (χ0) is 10.3. The Labute approximate surface area is 83.0 Å². The van der Waals surface area contributed by atoms with Crippen molar-refractivity contribution in [3.8, 4) is 0 Å². The summed E-state index contributed by atoms with van der Waals surface area (Å²) in [5.41, 5.74) is 9.75. The summed E-state index contributed by atoms with van der Waals surface area (Å²) in [6.07, 6.45) is 0. The Kier molecular flexibility index (Phi) is 1.88. The molecule has 72 valence electrons. The summed E-state index contributed by atoms with van der Waals surface area (Å²) in [4.78, 5) is 8.59. The molecule has 0 amide bonds. The first-order chi connectivity index (χ1) is 6.58. The molecule has 0 saturated heterocycles. The van der Waals surface area contributed by atoms with Gasteiger partial charge in [-0.2, -0.15) is 0 Å². The number of fused-ring (bicyclic) bond motifs is 1. The van der Waals surface area contributed by atoms with Gasteiger partial charge in [0, 0.05) is 11.1 Å². The second-order valence-electron chi connectivity index (χ2n) is 3.64. The fraction of sp³-hybridized carbons (Fsp3) is 0.273. The summed E-state index contributed by atoms with van der Waals surface area (Å²) in [7, 11) is 0. The highest BCUT2D eigenvalue weighted by Gasteiger charge is 2.05. The number of nitrogens with zero attached hydrogens (tertiary/aromatic N) is 2. The van der Waals surface area contributed by atoms with Crippen LogP contribution in [0.25, 0.3) is 11.0 Å².